The highest BCUT2D eigenvalue weighted by atomic mass is 32.1. The number of hydrogen-bond donors (Lipinski definition) is 3. The zero-order valence-electron chi connectivity index (χ0n) is 20.0. The van der Waals surface area contributed by atoms with Gasteiger partial charge in [0.15, 0.2) is 5.11 Å². The van der Waals surface area contributed by atoms with Crippen LogP contribution < -0.4 is 25.4 Å². The van der Waals surface area contributed by atoms with Crippen LogP contribution in [0.5, 0.6) is 11.5 Å². The van der Waals surface area contributed by atoms with E-state index in [0.717, 1.165) is 12.2 Å². The topological polar surface area (TPSA) is 97.9 Å². The Bertz CT molecular complexity index is 1120. The van der Waals surface area contributed by atoms with E-state index < -0.39 is 0 Å². The quantitative estimate of drug-likeness (QED) is 0.251. The molecule has 0 spiro atoms. The average molecular weight is 508 g/mol. The van der Waals surface area contributed by atoms with Gasteiger partial charge in [-0.05, 0) is 79.3 Å². The van der Waals surface area contributed by atoms with Gasteiger partial charge in [-0.15, -0.1) is 0 Å². The number of carbonyl (C=O) groups is 2. The highest BCUT2D eigenvalue weighted by Crippen LogP contribution is 2.14. The molecule has 0 saturated carbocycles. The van der Waals surface area contributed by atoms with Crippen molar-refractivity contribution in [2.75, 3.05) is 38.8 Å². The van der Waals surface area contributed by atoms with Gasteiger partial charge in [-0.25, -0.2) is 0 Å². The summed E-state index contributed by atoms with van der Waals surface area (Å²) in [5, 5.41) is 8.56. The molecule has 3 N–H and O–H groups in total. The van der Waals surface area contributed by atoms with Crippen LogP contribution in [0.3, 0.4) is 0 Å². The molecular weight excluding hydrogens is 478 g/mol. The molecule has 3 aromatic rings. The van der Waals surface area contributed by atoms with Gasteiger partial charge in [-0.3, -0.25) is 14.9 Å². The first-order valence-electron chi connectivity index (χ1n) is 11.5. The molecule has 0 aliphatic rings. The number of rotatable bonds is 12. The van der Waals surface area contributed by atoms with Crippen molar-refractivity contribution in [3.05, 3.63) is 90.0 Å². The van der Waals surface area contributed by atoms with Crippen molar-refractivity contribution >= 4 is 34.8 Å². The second-order valence-corrected chi connectivity index (χ2v) is 8.03. The van der Waals surface area contributed by atoms with Crippen molar-refractivity contribution in [2.45, 2.75) is 6.42 Å². The van der Waals surface area contributed by atoms with Crippen molar-refractivity contribution in [3.63, 3.8) is 0 Å². The molecule has 36 heavy (non-hydrogen) atoms. The van der Waals surface area contributed by atoms with Crippen molar-refractivity contribution in [3.8, 4) is 11.5 Å². The SMILES string of the molecule is COCCCNC(=O)c1ccc(NC(=S)NC(=O)c2ccc(OCCOc3ccccc3)cc2)cc1. The van der Waals surface area contributed by atoms with Crippen LogP contribution in [0.2, 0.25) is 0 Å². The maximum Gasteiger partial charge on any atom is 0.257 e. The Morgan fingerprint density at radius 3 is 1.97 bits per heavy atom. The third-order valence-corrected chi connectivity index (χ3v) is 5.13. The van der Waals surface area contributed by atoms with Gasteiger partial charge in [0.25, 0.3) is 11.8 Å². The molecule has 0 atom stereocenters. The standard InChI is InChI=1S/C27H29N3O5S/c1-33-17-5-16-28-25(31)20-8-12-22(13-9-20)29-27(36)30-26(32)21-10-14-24(15-11-21)35-19-18-34-23-6-3-2-4-7-23/h2-4,6-15H,5,16-19H2,1H3,(H,28,31)(H2,29,30,32,36). The summed E-state index contributed by atoms with van der Waals surface area (Å²) < 4.78 is 16.2. The van der Waals surface area contributed by atoms with Crippen molar-refractivity contribution in [1.82, 2.24) is 10.6 Å². The van der Waals surface area contributed by atoms with Crippen LogP contribution in [0.25, 0.3) is 0 Å². The second kappa shape index (κ2) is 14.4. The third-order valence-electron chi connectivity index (χ3n) is 4.92. The molecule has 2 amide bonds. The summed E-state index contributed by atoms with van der Waals surface area (Å²) in [6, 6.07) is 23.1. The molecule has 0 saturated heterocycles. The van der Waals surface area contributed by atoms with Crippen molar-refractivity contribution in [2.24, 2.45) is 0 Å². The Kier molecular flexibility index (Phi) is 10.7. The van der Waals surface area contributed by atoms with Gasteiger partial charge in [-0.2, -0.15) is 0 Å². The molecule has 188 valence electrons. The number of benzene rings is 3. The van der Waals surface area contributed by atoms with E-state index >= 15 is 0 Å². The van der Waals surface area contributed by atoms with E-state index in [4.69, 9.17) is 26.4 Å². The molecule has 0 aliphatic carbocycles. The predicted molar refractivity (Wildman–Crippen MR) is 143 cm³/mol. The lowest BCUT2D eigenvalue weighted by Gasteiger charge is -2.11. The van der Waals surface area contributed by atoms with E-state index in [1.807, 2.05) is 30.3 Å². The van der Waals surface area contributed by atoms with E-state index in [0.29, 0.717) is 48.9 Å². The summed E-state index contributed by atoms with van der Waals surface area (Å²) in [4.78, 5) is 24.6. The van der Waals surface area contributed by atoms with Crippen LogP contribution in [-0.4, -0.2) is 50.4 Å². The Morgan fingerprint density at radius 2 is 1.33 bits per heavy atom. The molecule has 3 rings (SSSR count). The Morgan fingerprint density at radius 1 is 0.750 bits per heavy atom. The van der Waals surface area contributed by atoms with Crippen molar-refractivity contribution in [1.29, 1.82) is 0 Å². The Hall–Kier alpha value is -3.95. The van der Waals surface area contributed by atoms with E-state index in [2.05, 4.69) is 16.0 Å². The maximum atomic E-state index is 12.5. The lowest BCUT2D eigenvalue weighted by atomic mass is 10.2. The summed E-state index contributed by atoms with van der Waals surface area (Å²) in [7, 11) is 1.62. The van der Waals surface area contributed by atoms with Gasteiger partial charge in [0.1, 0.15) is 24.7 Å². The third kappa shape index (κ3) is 9.01. The van der Waals surface area contributed by atoms with Gasteiger partial charge in [0.2, 0.25) is 0 Å². The first-order valence-corrected chi connectivity index (χ1v) is 11.9. The number of thiocarbonyl (C=S) groups is 1. The first-order chi connectivity index (χ1) is 17.5. The fourth-order valence-corrected chi connectivity index (χ4v) is 3.31. The first kappa shape index (κ1) is 26.7. The number of methoxy groups -OCH3 is 1. The lowest BCUT2D eigenvalue weighted by Crippen LogP contribution is -2.34. The van der Waals surface area contributed by atoms with E-state index in [1.54, 1.807) is 55.6 Å². The number of nitrogens with one attached hydrogen (secondary N) is 3. The molecule has 0 fully saturated rings. The minimum absolute atomic E-state index is 0.148. The molecule has 0 radical (unpaired) electrons. The number of hydrogen-bond acceptors (Lipinski definition) is 6. The largest absolute Gasteiger partial charge is 0.490 e. The van der Waals surface area contributed by atoms with Crippen LogP contribution in [0.1, 0.15) is 27.1 Å². The molecule has 3 aromatic carbocycles. The fourth-order valence-electron chi connectivity index (χ4n) is 3.10. The van der Waals surface area contributed by atoms with Gasteiger partial charge in [0, 0.05) is 37.1 Å². The Balaban J connectivity index is 1.39. The Labute approximate surface area is 216 Å². The minimum atomic E-state index is -0.349. The van der Waals surface area contributed by atoms with Crippen LogP contribution in [-0.2, 0) is 4.74 Å². The van der Waals surface area contributed by atoms with Crippen LogP contribution in [0.15, 0.2) is 78.9 Å². The van der Waals surface area contributed by atoms with E-state index in [9.17, 15) is 9.59 Å². The van der Waals surface area contributed by atoms with Crippen LogP contribution in [0, 0.1) is 0 Å². The summed E-state index contributed by atoms with van der Waals surface area (Å²) in [5.41, 5.74) is 1.62. The predicted octanol–water partition coefficient (Wildman–Crippen LogP) is 4.04. The molecule has 9 heteroatoms. The summed E-state index contributed by atoms with van der Waals surface area (Å²) in [5.74, 6) is 0.905. The van der Waals surface area contributed by atoms with Gasteiger partial charge < -0.3 is 24.8 Å². The highest BCUT2D eigenvalue weighted by molar-refractivity contribution is 7.80. The zero-order valence-corrected chi connectivity index (χ0v) is 20.8. The highest BCUT2D eigenvalue weighted by Gasteiger charge is 2.09. The molecule has 0 heterocycles. The summed E-state index contributed by atoms with van der Waals surface area (Å²) >= 11 is 5.24. The zero-order chi connectivity index (χ0) is 25.6. The van der Waals surface area contributed by atoms with Crippen LogP contribution >= 0.6 is 12.2 Å². The number of amides is 2. The van der Waals surface area contributed by atoms with Gasteiger partial charge >= 0.3 is 0 Å². The average Bonchev–Trinajstić information content (AvgIpc) is 2.90. The monoisotopic (exact) mass is 507 g/mol. The number of para-hydroxylation sites is 1. The van der Waals surface area contributed by atoms with Crippen molar-refractivity contribution < 1.29 is 23.8 Å². The number of ether oxygens (including phenoxy) is 3. The number of anilines is 1. The fraction of sp³-hybridized carbons (Fsp3) is 0.222. The van der Waals surface area contributed by atoms with Gasteiger partial charge in [0.05, 0.1) is 0 Å². The summed E-state index contributed by atoms with van der Waals surface area (Å²) in [6.45, 7) is 1.92. The minimum Gasteiger partial charge on any atom is -0.490 e. The molecule has 0 aromatic heterocycles. The smallest absolute Gasteiger partial charge is 0.257 e. The maximum absolute atomic E-state index is 12.5. The molecule has 0 bridgehead atoms. The summed E-state index contributed by atoms with van der Waals surface area (Å²) in [6.07, 6.45) is 0.745. The lowest BCUT2D eigenvalue weighted by molar-refractivity contribution is 0.0946. The van der Waals surface area contributed by atoms with E-state index in [-0.39, 0.29) is 16.9 Å². The van der Waals surface area contributed by atoms with Crippen LogP contribution in [0.4, 0.5) is 5.69 Å². The van der Waals surface area contributed by atoms with Gasteiger partial charge in [-0.1, -0.05) is 18.2 Å². The molecule has 8 nitrogen and oxygen atoms in total. The normalized spacial score (nSPS) is 10.2. The molecule has 0 aliphatic heterocycles. The number of carbonyl (C=O) groups excluding carboxylic acids is 2. The van der Waals surface area contributed by atoms with E-state index in [1.165, 1.54) is 0 Å². The molecular formula is C27H29N3O5S. The second-order valence-electron chi connectivity index (χ2n) is 7.62. The molecule has 0 unspecified atom stereocenters.